The van der Waals surface area contributed by atoms with Gasteiger partial charge in [-0.25, -0.2) is 0 Å². The molecule has 1 N–H and O–H groups in total. The Morgan fingerprint density at radius 1 is 1.32 bits per heavy atom. The number of halogens is 2. The van der Waals surface area contributed by atoms with E-state index in [9.17, 15) is 0 Å². The monoisotopic (exact) mass is 389 g/mol. The van der Waals surface area contributed by atoms with Crippen LogP contribution in [0, 0.1) is 5.92 Å². The summed E-state index contributed by atoms with van der Waals surface area (Å²) in [5.74, 6) is 1.99. The highest BCUT2D eigenvalue weighted by Gasteiger charge is 2.19. The average Bonchev–Trinajstić information content (AvgIpc) is 3.17. The van der Waals surface area contributed by atoms with E-state index in [1.54, 1.807) is 0 Å². The van der Waals surface area contributed by atoms with Crippen LogP contribution in [0.15, 0.2) is 21.1 Å². The number of ether oxygens (including phenoxy) is 1. The van der Waals surface area contributed by atoms with Gasteiger partial charge in [0.05, 0.1) is 11.1 Å². The molecule has 1 fully saturated rings. The van der Waals surface area contributed by atoms with Crippen LogP contribution in [-0.4, -0.2) is 13.2 Å². The molecule has 0 bridgehead atoms. The summed E-state index contributed by atoms with van der Waals surface area (Å²) >= 11 is 7.10. The van der Waals surface area contributed by atoms with Crippen molar-refractivity contribution in [2.75, 3.05) is 13.2 Å². The van der Waals surface area contributed by atoms with E-state index < -0.39 is 0 Å². The summed E-state index contributed by atoms with van der Waals surface area (Å²) < 4.78 is 7.81. The van der Waals surface area contributed by atoms with Gasteiger partial charge in [0.1, 0.15) is 5.75 Å². The molecule has 0 amide bonds. The third-order valence-corrected chi connectivity index (χ3v) is 4.40. The molecule has 0 atom stereocenters. The molecule has 0 radical (unpaired) electrons. The van der Waals surface area contributed by atoms with Crippen molar-refractivity contribution in [1.29, 1.82) is 0 Å². The van der Waals surface area contributed by atoms with Crippen molar-refractivity contribution in [2.45, 2.75) is 39.2 Å². The minimum Gasteiger partial charge on any atom is -0.492 e. The van der Waals surface area contributed by atoms with Crippen LogP contribution < -0.4 is 10.1 Å². The lowest BCUT2D eigenvalue weighted by atomic mass is 10.2. The molecule has 0 saturated heterocycles. The van der Waals surface area contributed by atoms with Crippen molar-refractivity contribution in [3.63, 3.8) is 0 Å². The van der Waals surface area contributed by atoms with Gasteiger partial charge < -0.3 is 10.1 Å². The van der Waals surface area contributed by atoms with E-state index in [0.29, 0.717) is 6.61 Å². The zero-order chi connectivity index (χ0) is 13.7. The Kier molecular flexibility index (Phi) is 6.17. The maximum atomic E-state index is 5.72. The van der Waals surface area contributed by atoms with E-state index in [1.165, 1.54) is 31.2 Å². The van der Waals surface area contributed by atoms with E-state index in [0.717, 1.165) is 33.7 Å². The molecule has 1 saturated carbocycles. The summed E-state index contributed by atoms with van der Waals surface area (Å²) in [5, 5.41) is 3.52. The van der Waals surface area contributed by atoms with Gasteiger partial charge in [-0.1, -0.05) is 28.8 Å². The molecule has 0 heterocycles. The summed E-state index contributed by atoms with van der Waals surface area (Å²) in [6.45, 7) is 4.65. The normalized spacial score (nSPS) is 14.7. The molecule has 0 aliphatic heterocycles. The minimum atomic E-state index is 0.689. The molecule has 4 heteroatoms. The van der Waals surface area contributed by atoms with Gasteiger partial charge in [0, 0.05) is 16.6 Å². The van der Waals surface area contributed by atoms with Gasteiger partial charge in [-0.15, -0.1) is 0 Å². The van der Waals surface area contributed by atoms with Crippen LogP contribution in [0.4, 0.5) is 0 Å². The second-order valence-corrected chi connectivity index (χ2v) is 6.84. The third-order valence-electron chi connectivity index (χ3n) is 3.35. The number of nitrogens with one attached hydrogen (secondary N) is 1. The van der Waals surface area contributed by atoms with Gasteiger partial charge in [0.15, 0.2) is 0 Å². The van der Waals surface area contributed by atoms with Crippen LogP contribution in [0.2, 0.25) is 0 Å². The molecule has 1 aliphatic rings. The summed E-state index contributed by atoms with van der Waals surface area (Å²) in [6.07, 6.45) is 5.57. The lowest BCUT2D eigenvalue weighted by Gasteiger charge is -2.13. The molecule has 1 aromatic rings. The molecule has 2 rings (SSSR count). The Morgan fingerprint density at radius 3 is 2.79 bits per heavy atom. The Labute approximate surface area is 132 Å². The lowest BCUT2D eigenvalue weighted by Crippen LogP contribution is -2.16. The summed E-state index contributed by atoms with van der Waals surface area (Å²) in [6, 6.07) is 4.16. The SMILES string of the molecule is CCOc1c(Br)cc(Br)cc1CNCCCC1CC1. The second-order valence-electron chi connectivity index (χ2n) is 5.07. The summed E-state index contributed by atoms with van der Waals surface area (Å²) in [5.41, 5.74) is 1.20. The van der Waals surface area contributed by atoms with E-state index in [4.69, 9.17) is 4.74 Å². The van der Waals surface area contributed by atoms with Gasteiger partial charge in [-0.3, -0.25) is 0 Å². The van der Waals surface area contributed by atoms with Crippen LogP contribution in [0.3, 0.4) is 0 Å². The molecule has 1 aliphatic carbocycles. The van der Waals surface area contributed by atoms with Crippen molar-refractivity contribution in [3.05, 3.63) is 26.6 Å². The predicted molar refractivity (Wildman–Crippen MR) is 86.7 cm³/mol. The van der Waals surface area contributed by atoms with E-state index in [1.807, 2.05) is 13.0 Å². The van der Waals surface area contributed by atoms with E-state index >= 15 is 0 Å². The van der Waals surface area contributed by atoms with Gasteiger partial charge in [0.2, 0.25) is 0 Å². The molecule has 106 valence electrons. The van der Waals surface area contributed by atoms with Gasteiger partial charge in [0.25, 0.3) is 0 Å². The first-order chi connectivity index (χ1) is 9.20. The first kappa shape index (κ1) is 15.3. The van der Waals surface area contributed by atoms with Crippen molar-refractivity contribution in [3.8, 4) is 5.75 Å². The number of rotatable bonds is 8. The molecule has 1 aromatic carbocycles. The molecule has 0 spiro atoms. The van der Waals surface area contributed by atoms with Crippen LogP contribution in [0.1, 0.15) is 38.2 Å². The highest BCUT2D eigenvalue weighted by Crippen LogP contribution is 2.34. The number of hydrogen-bond donors (Lipinski definition) is 1. The lowest BCUT2D eigenvalue weighted by molar-refractivity contribution is 0.333. The smallest absolute Gasteiger partial charge is 0.138 e. The molecular weight excluding hydrogens is 370 g/mol. The molecule has 0 unspecified atom stereocenters. The van der Waals surface area contributed by atoms with Crippen molar-refractivity contribution in [2.24, 2.45) is 5.92 Å². The van der Waals surface area contributed by atoms with Crippen LogP contribution in [0.5, 0.6) is 5.75 Å². The molecule has 0 aromatic heterocycles. The Hall–Kier alpha value is -0.0600. The maximum absolute atomic E-state index is 5.72. The van der Waals surface area contributed by atoms with Crippen molar-refractivity contribution in [1.82, 2.24) is 5.32 Å². The number of hydrogen-bond acceptors (Lipinski definition) is 2. The number of benzene rings is 1. The van der Waals surface area contributed by atoms with Crippen molar-refractivity contribution < 1.29 is 4.74 Å². The summed E-state index contributed by atoms with van der Waals surface area (Å²) in [4.78, 5) is 0. The predicted octanol–water partition coefficient (Wildman–Crippen LogP) is 4.89. The topological polar surface area (TPSA) is 21.3 Å². The molecule has 19 heavy (non-hydrogen) atoms. The minimum absolute atomic E-state index is 0.689. The largest absolute Gasteiger partial charge is 0.492 e. The zero-order valence-electron chi connectivity index (χ0n) is 11.3. The standard InChI is InChI=1S/C15H21Br2NO/c1-2-19-15-12(8-13(16)9-14(15)17)10-18-7-3-4-11-5-6-11/h8-9,11,18H,2-7,10H2,1H3. The van der Waals surface area contributed by atoms with E-state index in [2.05, 4.69) is 43.2 Å². The first-order valence-electron chi connectivity index (χ1n) is 7.02. The van der Waals surface area contributed by atoms with Gasteiger partial charge in [-0.05, 0) is 60.3 Å². The second kappa shape index (κ2) is 7.65. The van der Waals surface area contributed by atoms with Crippen LogP contribution in [-0.2, 0) is 6.54 Å². The van der Waals surface area contributed by atoms with Crippen LogP contribution >= 0.6 is 31.9 Å². The highest BCUT2D eigenvalue weighted by atomic mass is 79.9. The Balaban J connectivity index is 1.85. The summed E-state index contributed by atoms with van der Waals surface area (Å²) in [7, 11) is 0. The molecular formula is C15H21Br2NO. The molecule has 2 nitrogen and oxygen atoms in total. The fraction of sp³-hybridized carbons (Fsp3) is 0.600. The highest BCUT2D eigenvalue weighted by molar-refractivity contribution is 9.11. The van der Waals surface area contributed by atoms with Gasteiger partial charge >= 0.3 is 0 Å². The Bertz CT molecular complexity index is 419. The fourth-order valence-electron chi connectivity index (χ4n) is 2.20. The Morgan fingerprint density at radius 2 is 2.11 bits per heavy atom. The van der Waals surface area contributed by atoms with Gasteiger partial charge in [-0.2, -0.15) is 0 Å². The van der Waals surface area contributed by atoms with E-state index in [-0.39, 0.29) is 0 Å². The maximum Gasteiger partial charge on any atom is 0.138 e. The van der Waals surface area contributed by atoms with Crippen molar-refractivity contribution >= 4 is 31.9 Å². The average molecular weight is 391 g/mol. The quantitative estimate of drug-likeness (QED) is 0.638. The van der Waals surface area contributed by atoms with Crippen LogP contribution in [0.25, 0.3) is 0 Å². The zero-order valence-corrected chi connectivity index (χ0v) is 14.5. The third kappa shape index (κ3) is 5.09. The fourth-order valence-corrected chi connectivity index (χ4v) is 3.62. The first-order valence-corrected chi connectivity index (χ1v) is 8.60.